The van der Waals surface area contributed by atoms with Crippen LogP contribution in [-0.2, 0) is 11.2 Å². The molecule has 0 unspecified atom stereocenters. The average molecular weight is 329 g/mol. The first-order chi connectivity index (χ1) is 11.5. The zero-order chi connectivity index (χ0) is 17.7. The minimum Gasteiger partial charge on any atom is -0.496 e. The van der Waals surface area contributed by atoms with Crippen LogP contribution < -0.4 is 10.1 Å². The summed E-state index contributed by atoms with van der Waals surface area (Å²) >= 11 is 0. The second-order valence-corrected chi connectivity index (χ2v) is 5.89. The van der Waals surface area contributed by atoms with Crippen LogP contribution in [0.2, 0.25) is 0 Å². The molecule has 130 valence electrons. The van der Waals surface area contributed by atoms with Crippen molar-refractivity contribution in [3.05, 3.63) is 46.8 Å². The number of rotatable bonds is 8. The number of nitrogens with one attached hydrogen (secondary N) is 1. The summed E-state index contributed by atoms with van der Waals surface area (Å²) in [4.78, 5) is 6.07. The van der Waals surface area contributed by atoms with Gasteiger partial charge in [0, 0.05) is 24.0 Å². The molecule has 0 saturated heterocycles. The molecule has 1 aromatic rings. The van der Waals surface area contributed by atoms with E-state index in [-0.39, 0.29) is 0 Å². The second kappa shape index (κ2) is 8.02. The number of hydrogen-bond donors (Lipinski definition) is 1. The fourth-order valence-corrected chi connectivity index (χ4v) is 2.79. The van der Waals surface area contributed by atoms with Crippen molar-refractivity contribution in [2.45, 2.75) is 20.3 Å². The number of benzene rings is 1. The zero-order valence-electron chi connectivity index (χ0n) is 15.1. The van der Waals surface area contributed by atoms with Crippen LogP contribution in [0, 0.1) is 6.92 Å². The van der Waals surface area contributed by atoms with Gasteiger partial charge in [0.1, 0.15) is 5.75 Å². The van der Waals surface area contributed by atoms with Crippen molar-refractivity contribution in [2.24, 2.45) is 4.99 Å². The number of anilines is 1. The maximum Gasteiger partial charge on any atom is 0.122 e. The fraction of sp³-hybridized carbons (Fsp3) is 0.421. The Morgan fingerprint density at radius 1 is 1.42 bits per heavy atom. The summed E-state index contributed by atoms with van der Waals surface area (Å²) in [7, 11) is 3.75. The lowest BCUT2D eigenvalue weighted by molar-refractivity contribution is 0.191. The van der Waals surface area contributed by atoms with Crippen LogP contribution in [0.1, 0.15) is 18.1 Å². The second-order valence-electron chi connectivity index (χ2n) is 5.89. The van der Waals surface area contributed by atoms with Crippen LogP contribution in [0.5, 0.6) is 5.75 Å². The van der Waals surface area contributed by atoms with Gasteiger partial charge in [-0.25, -0.2) is 0 Å². The van der Waals surface area contributed by atoms with Gasteiger partial charge < -0.3 is 19.7 Å². The molecule has 5 heteroatoms. The number of nitrogens with zero attached hydrogens (tertiary/aromatic N) is 2. The Bertz CT molecular complexity index is 665. The maximum atomic E-state index is 5.55. The first-order valence-electron chi connectivity index (χ1n) is 8.10. The number of ether oxygens (including phenoxy) is 2. The van der Waals surface area contributed by atoms with Gasteiger partial charge in [-0.1, -0.05) is 13.5 Å². The van der Waals surface area contributed by atoms with Gasteiger partial charge in [0.2, 0.25) is 0 Å². The number of methoxy groups -OCH3 is 1. The molecule has 24 heavy (non-hydrogen) atoms. The third-order valence-corrected chi connectivity index (χ3v) is 4.35. The molecule has 0 fully saturated rings. The monoisotopic (exact) mass is 329 g/mol. The molecule has 5 nitrogen and oxygen atoms in total. The molecule has 1 aliphatic rings. The molecule has 0 saturated carbocycles. The van der Waals surface area contributed by atoms with Gasteiger partial charge in [0.05, 0.1) is 32.7 Å². The molecule has 0 aromatic heterocycles. The molecule has 1 N–H and O–H groups in total. The lowest BCUT2D eigenvalue weighted by atomic mass is 10.1. The standard InChI is InChI=1S/C19H27N3O2/c1-7-15-9-17(13(2)8-19(15)23-6)21-12-22(5)18-11-24-10-16(18)14(3)20-4/h8-9,21H,3-4,7,10-12H2,1-2,5-6H3. The van der Waals surface area contributed by atoms with Gasteiger partial charge >= 0.3 is 0 Å². The van der Waals surface area contributed by atoms with Crippen LogP contribution in [0.3, 0.4) is 0 Å². The van der Waals surface area contributed by atoms with Crippen LogP contribution in [0.15, 0.2) is 40.7 Å². The summed E-state index contributed by atoms with van der Waals surface area (Å²) in [6, 6.07) is 4.24. The smallest absolute Gasteiger partial charge is 0.122 e. The number of aryl methyl sites for hydroxylation is 2. The molecule has 0 bridgehead atoms. The van der Waals surface area contributed by atoms with E-state index in [1.807, 2.05) is 7.05 Å². The predicted molar refractivity (Wildman–Crippen MR) is 99.9 cm³/mol. The number of hydrogen-bond acceptors (Lipinski definition) is 5. The van der Waals surface area contributed by atoms with Crippen molar-refractivity contribution < 1.29 is 9.47 Å². The van der Waals surface area contributed by atoms with Gasteiger partial charge in [-0.2, -0.15) is 0 Å². The first kappa shape index (κ1) is 18.1. The van der Waals surface area contributed by atoms with E-state index >= 15 is 0 Å². The molecule has 0 radical (unpaired) electrons. The van der Waals surface area contributed by atoms with Crippen molar-refractivity contribution in [1.29, 1.82) is 0 Å². The molecule has 0 amide bonds. The molecule has 0 atom stereocenters. The minimum absolute atomic E-state index is 0.541. The third kappa shape index (κ3) is 3.79. The summed E-state index contributed by atoms with van der Waals surface area (Å²) in [5.74, 6) is 0.941. The molecule has 0 spiro atoms. The van der Waals surface area contributed by atoms with Crippen molar-refractivity contribution in [3.63, 3.8) is 0 Å². The van der Waals surface area contributed by atoms with Gasteiger partial charge in [-0.05, 0) is 43.3 Å². The van der Waals surface area contributed by atoms with Crippen LogP contribution in [0.4, 0.5) is 5.69 Å². The lowest BCUT2D eigenvalue weighted by Crippen LogP contribution is -2.26. The Kier molecular flexibility index (Phi) is 6.04. The van der Waals surface area contributed by atoms with E-state index < -0.39 is 0 Å². The van der Waals surface area contributed by atoms with Gasteiger partial charge in [-0.3, -0.25) is 4.99 Å². The summed E-state index contributed by atoms with van der Waals surface area (Å²) in [5, 5.41) is 3.50. The summed E-state index contributed by atoms with van der Waals surface area (Å²) in [6.07, 6.45) is 0.932. The molecular weight excluding hydrogens is 302 g/mol. The first-order valence-corrected chi connectivity index (χ1v) is 8.10. The number of likely N-dealkylation sites (N-methyl/N-ethyl adjacent to an activating group) is 1. The van der Waals surface area contributed by atoms with Crippen molar-refractivity contribution in [3.8, 4) is 5.75 Å². The van der Waals surface area contributed by atoms with Crippen LogP contribution in [0.25, 0.3) is 0 Å². The Morgan fingerprint density at radius 3 is 2.79 bits per heavy atom. The zero-order valence-corrected chi connectivity index (χ0v) is 15.1. The SMILES string of the molecule is C=NC(=C)C1=C(N(C)CNc2cc(CC)c(OC)cc2C)COC1. The average Bonchev–Trinajstić information content (AvgIpc) is 3.09. The van der Waals surface area contributed by atoms with Gasteiger partial charge in [0.15, 0.2) is 0 Å². The van der Waals surface area contributed by atoms with E-state index in [2.05, 4.69) is 54.5 Å². The van der Waals surface area contributed by atoms with E-state index in [1.54, 1.807) is 7.11 Å². The summed E-state index contributed by atoms with van der Waals surface area (Å²) in [5.41, 5.74) is 6.27. The lowest BCUT2D eigenvalue weighted by Gasteiger charge is -2.23. The summed E-state index contributed by atoms with van der Waals surface area (Å²) in [6.45, 7) is 13.5. The third-order valence-electron chi connectivity index (χ3n) is 4.35. The minimum atomic E-state index is 0.541. The normalized spacial score (nSPS) is 13.8. The van der Waals surface area contributed by atoms with Crippen LogP contribution in [-0.4, -0.2) is 45.7 Å². The highest BCUT2D eigenvalue weighted by Gasteiger charge is 2.20. The Hall–Kier alpha value is -2.27. The molecular formula is C19H27N3O2. The molecule has 0 aliphatic carbocycles. The highest BCUT2D eigenvalue weighted by atomic mass is 16.5. The summed E-state index contributed by atoms with van der Waals surface area (Å²) < 4.78 is 11.0. The van der Waals surface area contributed by atoms with Crippen LogP contribution >= 0.6 is 0 Å². The van der Waals surface area contributed by atoms with E-state index in [0.717, 1.165) is 34.7 Å². The Balaban J connectivity index is 2.13. The predicted octanol–water partition coefficient (Wildman–Crippen LogP) is 3.37. The topological polar surface area (TPSA) is 46.1 Å². The van der Waals surface area contributed by atoms with E-state index in [4.69, 9.17) is 9.47 Å². The van der Waals surface area contributed by atoms with E-state index in [9.17, 15) is 0 Å². The van der Waals surface area contributed by atoms with Gasteiger partial charge in [-0.15, -0.1) is 0 Å². The quantitative estimate of drug-likeness (QED) is 0.587. The number of aliphatic imine (C=N–C) groups is 1. The van der Waals surface area contributed by atoms with Gasteiger partial charge in [0.25, 0.3) is 0 Å². The molecule has 1 aromatic carbocycles. The molecule has 1 heterocycles. The molecule has 1 aliphatic heterocycles. The Morgan fingerprint density at radius 2 is 2.17 bits per heavy atom. The highest BCUT2D eigenvalue weighted by molar-refractivity contribution is 5.57. The highest BCUT2D eigenvalue weighted by Crippen LogP contribution is 2.28. The van der Waals surface area contributed by atoms with Crippen molar-refractivity contribution in [2.75, 3.05) is 39.4 Å². The molecule has 2 rings (SSSR count). The largest absolute Gasteiger partial charge is 0.496 e. The van der Waals surface area contributed by atoms with E-state index in [0.29, 0.717) is 25.6 Å². The maximum absolute atomic E-state index is 5.55. The fourth-order valence-electron chi connectivity index (χ4n) is 2.79. The van der Waals surface area contributed by atoms with E-state index in [1.165, 1.54) is 5.56 Å². The van der Waals surface area contributed by atoms with Crippen molar-refractivity contribution >= 4 is 12.4 Å². The Labute approximate surface area is 144 Å². The van der Waals surface area contributed by atoms with Crippen molar-refractivity contribution in [1.82, 2.24) is 4.90 Å².